The Balaban J connectivity index is 1.98. The predicted molar refractivity (Wildman–Crippen MR) is 73.5 cm³/mol. The first kappa shape index (κ1) is 11.8. The zero-order chi connectivity index (χ0) is 13.2. The molecule has 0 fully saturated rings. The molecule has 1 aliphatic heterocycles. The fourth-order valence-electron chi connectivity index (χ4n) is 2.26. The molecule has 1 aliphatic rings. The molecule has 2 aromatic carbocycles. The number of carbonyl (C=O) groups is 1. The lowest BCUT2D eigenvalue weighted by molar-refractivity contribution is -0.150. The average Bonchev–Trinajstić information content (AvgIpc) is 2.47. The smallest absolute Gasteiger partial charge is 0.349 e. The molecule has 0 amide bonds. The lowest BCUT2D eigenvalue weighted by Gasteiger charge is -2.27. The van der Waals surface area contributed by atoms with Crippen LogP contribution in [0.4, 0.5) is 5.69 Å². The third-order valence-corrected chi connectivity index (χ3v) is 3.17. The van der Waals surface area contributed by atoms with Crippen LogP contribution in [-0.4, -0.2) is 25.2 Å². The summed E-state index contributed by atoms with van der Waals surface area (Å²) in [4.78, 5) is 11.8. The maximum Gasteiger partial charge on any atom is 0.349 e. The number of hydrogen-bond acceptors (Lipinski definition) is 4. The highest BCUT2D eigenvalue weighted by molar-refractivity contribution is 5.94. The van der Waals surface area contributed by atoms with E-state index in [0.29, 0.717) is 13.2 Å². The third-order valence-electron chi connectivity index (χ3n) is 3.17. The van der Waals surface area contributed by atoms with Crippen molar-refractivity contribution in [3.63, 3.8) is 0 Å². The SMILES string of the molecule is CCOC(=O)C1CNc2ccc3ccccc3c2O1. The van der Waals surface area contributed by atoms with Crippen LogP contribution in [0.15, 0.2) is 36.4 Å². The standard InChI is InChI=1S/C15H15NO3/c1-2-18-15(17)13-9-16-12-8-7-10-5-3-4-6-11(10)14(12)19-13/h3-8,13,16H,2,9H2,1H3. The Morgan fingerprint density at radius 3 is 3.05 bits per heavy atom. The Labute approximate surface area is 111 Å². The van der Waals surface area contributed by atoms with Gasteiger partial charge in [0.1, 0.15) is 0 Å². The van der Waals surface area contributed by atoms with E-state index in [1.54, 1.807) is 6.92 Å². The maximum absolute atomic E-state index is 11.8. The van der Waals surface area contributed by atoms with Crippen molar-refractivity contribution in [1.29, 1.82) is 0 Å². The van der Waals surface area contributed by atoms with Gasteiger partial charge in [0.15, 0.2) is 5.75 Å². The molecule has 3 rings (SSSR count). The first-order chi connectivity index (χ1) is 9.29. The van der Waals surface area contributed by atoms with Crippen molar-refractivity contribution >= 4 is 22.4 Å². The van der Waals surface area contributed by atoms with Gasteiger partial charge in [0.25, 0.3) is 0 Å². The van der Waals surface area contributed by atoms with Crippen LogP contribution in [0, 0.1) is 0 Å². The lowest BCUT2D eigenvalue weighted by Crippen LogP contribution is -2.39. The molecule has 1 heterocycles. The lowest BCUT2D eigenvalue weighted by atomic mass is 10.1. The van der Waals surface area contributed by atoms with Crippen LogP contribution < -0.4 is 10.1 Å². The molecule has 0 aromatic heterocycles. The fourth-order valence-corrected chi connectivity index (χ4v) is 2.26. The normalized spacial score (nSPS) is 17.2. The van der Waals surface area contributed by atoms with Gasteiger partial charge in [-0.15, -0.1) is 0 Å². The fraction of sp³-hybridized carbons (Fsp3) is 0.267. The van der Waals surface area contributed by atoms with Gasteiger partial charge in [0, 0.05) is 5.39 Å². The van der Waals surface area contributed by atoms with Gasteiger partial charge < -0.3 is 14.8 Å². The first-order valence-electron chi connectivity index (χ1n) is 6.38. The summed E-state index contributed by atoms with van der Waals surface area (Å²) in [6.45, 7) is 2.59. The first-order valence-corrected chi connectivity index (χ1v) is 6.38. The van der Waals surface area contributed by atoms with Crippen LogP contribution in [0.2, 0.25) is 0 Å². The number of carbonyl (C=O) groups excluding carboxylic acids is 1. The van der Waals surface area contributed by atoms with Crippen LogP contribution in [0.1, 0.15) is 6.92 Å². The summed E-state index contributed by atoms with van der Waals surface area (Å²) < 4.78 is 10.8. The van der Waals surface area contributed by atoms with Gasteiger partial charge >= 0.3 is 5.97 Å². The van der Waals surface area contributed by atoms with Gasteiger partial charge in [-0.25, -0.2) is 4.79 Å². The summed E-state index contributed by atoms with van der Waals surface area (Å²) in [6.07, 6.45) is -0.585. The third kappa shape index (κ3) is 2.10. The summed E-state index contributed by atoms with van der Waals surface area (Å²) in [7, 11) is 0. The number of benzene rings is 2. The zero-order valence-corrected chi connectivity index (χ0v) is 10.7. The summed E-state index contributed by atoms with van der Waals surface area (Å²) >= 11 is 0. The minimum Gasteiger partial charge on any atom is -0.474 e. The quantitative estimate of drug-likeness (QED) is 0.840. The van der Waals surface area contributed by atoms with Gasteiger partial charge in [0.2, 0.25) is 6.10 Å². The maximum atomic E-state index is 11.8. The van der Waals surface area contributed by atoms with E-state index < -0.39 is 6.10 Å². The molecule has 98 valence electrons. The Kier molecular flexibility index (Phi) is 2.99. The second kappa shape index (κ2) is 4.80. The van der Waals surface area contributed by atoms with Gasteiger partial charge in [-0.05, 0) is 18.4 Å². The van der Waals surface area contributed by atoms with Crippen LogP contribution >= 0.6 is 0 Å². The van der Waals surface area contributed by atoms with E-state index >= 15 is 0 Å². The summed E-state index contributed by atoms with van der Waals surface area (Å²) in [5.74, 6) is 0.399. The number of esters is 1. The van der Waals surface area contributed by atoms with Crippen LogP contribution in [0.25, 0.3) is 10.8 Å². The molecule has 0 bridgehead atoms. The Morgan fingerprint density at radius 2 is 2.21 bits per heavy atom. The van der Waals surface area contributed by atoms with Crippen molar-refractivity contribution in [1.82, 2.24) is 0 Å². The monoisotopic (exact) mass is 257 g/mol. The van der Waals surface area contributed by atoms with E-state index in [4.69, 9.17) is 9.47 Å². The average molecular weight is 257 g/mol. The molecule has 19 heavy (non-hydrogen) atoms. The number of ether oxygens (including phenoxy) is 2. The summed E-state index contributed by atoms with van der Waals surface area (Å²) in [6, 6.07) is 12.0. The topological polar surface area (TPSA) is 47.6 Å². The van der Waals surface area contributed by atoms with Crippen LogP contribution in [0.5, 0.6) is 5.75 Å². The predicted octanol–water partition coefficient (Wildman–Crippen LogP) is 2.58. The van der Waals surface area contributed by atoms with Crippen molar-refractivity contribution < 1.29 is 14.3 Å². The highest BCUT2D eigenvalue weighted by Crippen LogP contribution is 2.36. The highest BCUT2D eigenvalue weighted by Gasteiger charge is 2.28. The van der Waals surface area contributed by atoms with Crippen LogP contribution in [-0.2, 0) is 9.53 Å². The molecular formula is C15H15NO3. The van der Waals surface area contributed by atoms with Gasteiger partial charge in [0.05, 0.1) is 18.8 Å². The van der Waals surface area contributed by atoms with Crippen molar-refractivity contribution in [2.75, 3.05) is 18.5 Å². The van der Waals surface area contributed by atoms with Gasteiger partial charge in [-0.2, -0.15) is 0 Å². The zero-order valence-electron chi connectivity index (χ0n) is 10.7. The van der Waals surface area contributed by atoms with Gasteiger partial charge in [-0.1, -0.05) is 30.3 Å². The molecule has 4 heteroatoms. The van der Waals surface area contributed by atoms with E-state index in [-0.39, 0.29) is 5.97 Å². The molecular weight excluding hydrogens is 242 g/mol. The molecule has 2 aromatic rings. The van der Waals surface area contributed by atoms with E-state index in [2.05, 4.69) is 5.32 Å². The van der Waals surface area contributed by atoms with Crippen molar-refractivity contribution in [3.8, 4) is 5.75 Å². The molecule has 1 N–H and O–H groups in total. The van der Waals surface area contributed by atoms with Crippen molar-refractivity contribution in [3.05, 3.63) is 36.4 Å². The van der Waals surface area contributed by atoms with Crippen molar-refractivity contribution in [2.24, 2.45) is 0 Å². The number of anilines is 1. The molecule has 1 unspecified atom stereocenters. The molecule has 4 nitrogen and oxygen atoms in total. The van der Waals surface area contributed by atoms with Gasteiger partial charge in [-0.3, -0.25) is 0 Å². The van der Waals surface area contributed by atoms with Crippen LogP contribution in [0.3, 0.4) is 0 Å². The largest absolute Gasteiger partial charge is 0.474 e. The molecule has 0 saturated heterocycles. The minimum atomic E-state index is -0.585. The number of nitrogens with one attached hydrogen (secondary N) is 1. The number of hydrogen-bond donors (Lipinski definition) is 1. The second-order valence-electron chi connectivity index (χ2n) is 4.40. The minimum absolute atomic E-state index is 0.325. The molecule has 0 saturated carbocycles. The number of rotatable bonds is 2. The van der Waals surface area contributed by atoms with E-state index in [9.17, 15) is 4.79 Å². The number of fused-ring (bicyclic) bond motifs is 3. The molecule has 1 atom stereocenters. The molecule has 0 radical (unpaired) electrons. The Bertz CT molecular complexity index is 624. The second-order valence-corrected chi connectivity index (χ2v) is 4.40. The van der Waals surface area contributed by atoms with E-state index in [0.717, 1.165) is 22.2 Å². The Hall–Kier alpha value is -2.23. The highest BCUT2D eigenvalue weighted by atomic mass is 16.6. The molecule has 0 aliphatic carbocycles. The summed E-state index contributed by atoms with van der Waals surface area (Å²) in [5, 5.41) is 5.31. The van der Waals surface area contributed by atoms with Crippen molar-refractivity contribution in [2.45, 2.75) is 13.0 Å². The molecule has 0 spiro atoms. The summed E-state index contributed by atoms with van der Waals surface area (Å²) in [5.41, 5.74) is 0.916. The Morgan fingerprint density at radius 1 is 1.37 bits per heavy atom. The van der Waals surface area contributed by atoms with E-state index in [1.807, 2.05) is 36.4 Å². The van der Waals surface area contributed by atoms with E-state index in [1.165, 1.54) is 0 Å².